The van der Waals surface area contributed by atoms with E-state index in [1.807, 2.05) is 4.90 Å². The summed E-state index contributed by atoms with van der Waals surface area (Å²) in [7, 11) is 0. The standard InChI is InChI=1S/C18H22ClNO4/c19-13-10-12(11-16-17(13)24-8-3-7-22-16)18(21)20-6-9-23-15-5-2-1-4-14(15)20/h10-11,14-15H,1-9H2/t14-,15+/m0/s1. The SMILES string of the molecule is O=C(c1cc(Cl)c2c(c1)OCCCO2)N1CCO[C@@H]2CCCC[C@@H]21. The summed E-state index contributed by atoms with van der Waals surface area (Å²) in [6, 6.07) is 3.64. The second-order valence-electron chi connectivity index (χ2n) is 6.60. The molecule has 6 heteroatoms. The number of halogens is 1. The highest BCUT2D eigenvalue weighted by Gasteiger charge is 2.37. The lowest BCUT2D eigenvalue weighted by atomic mass is 9.89. The van der Waals surface area contributed by atoms with Crippen molar-refractivity contribution in [3.8, 4) is 11.5 Å². The first-order chi connectivity index (χ1) is 11.7. The van der Waals surface area contributed by atoms with E-state index in [1.54, 1.807) is 12.1 Å². The Labute approximate surface area is 146 Å². The van der Waals surface area contributed by atoms with E-state index in [9.17, 15) is 4.79 Å². The Hall–Kier alpha value is -1.46. The Kier molecular flexibility index (Phi) is 4.55. The molecule has 1 aliphatic carbocycles. The summed E-state index contributed by atoms with van der Waals surface area (Å²) in [6.45, 7) is 2.38. The Balaban J connectivity index is 1.62. The van der Waals surface area contributed by atoms with Gasteiger partial charge in [-0.05, 0) is 25.0 Å². The number of hydrogen-bond acceptors (Lipinski definition) is 4. The molecule has 2 fully saturated rings. The molecule has 130 valence electrons. The third kappa shape index (κ3) is 2.95. The molecule has 2 heterocycles. The number of benzene rings is 1. The van der Waals surface area contributed by atoms with Crippen molar-refractivity contribution in [2.45, 2.75) is 44.2 Å². The van der Waals surface area contributed by atoms with E-state index in [-0.39, 0.29) is 18.1 Å². The van der Waals surface area contributed by atoms with E-state index in [0.717, 1.165) is 25.7 Å². The molecule has 1 saturated heterocycles. The van der Waals surface area contributed by atoms with Crippen molar-refractivity contribution in [2.24, 2.45) is 0 Å². The average molecular weight is 352 g/mol. The van der Waals surface area contributed by atoms with Crippen LogP contribution in [-0.4, -0.2) is 49.3 Å². The molecular formula is C18H22ClNO4. The van der Waals surface area contributed by atoms with Gasteiger partial charge in [0.25, 0.3) is 5.91 Å². The lowest BCUT2D eigenvalue weighted by Gasteiger charge is -2.43. The van der Waals surface area contributed by atoms with Crippen LogP contribution in [0.4, 0.5) is 0 Å². The fourth-order valence-corrected chi connectivity index (χ4v) is 4.13. The van der Waals surface area contributed by atoms with Gasteiger partial charge in [-0.25, -0.2) is 0 Å². The molecule has 2 atom stereocenters. The summed E-state index contributed by atoms with van der Waals surface area (Å²) in [4.78, 5) is 15.1. The van der Waals surface area contributed by atoms with E-state index >= 15 is 0 Å². The number of carbonyl (C=O) groups excluding carboxylic acids is 1. The van der Waals surface area contributed by atoms with Gasteiger partial charge in [0.05, 0.1) is 37.0 Å². The average Bonchev–Trinajstić information content (AvgIpc) is 2.86. The van der Waals surface area contributed by atoms with Gasteiger partial charge in [0.2, 0.25) is 0 Å². The molecule has 0 aromatic heterocycles. The maximum absolute atomic E-state index is 13.1. The number of morpholine rings is 1. The highest BCUT2D eigenvalue weighted by atomic mass is 35.5. The van der Waals surface area contributed by atoms with E-state index in [0.29, 0.717) is 48.5 Å². The van der Waals surface area contributed by atoms with Gasteiger partial charge in [0, 0.05) is 18.5 Å². The molecule has 1 saturated carbocycles. The minimum Gasteiger partial charge on any atom is -0.489 e. The molecule has 0 spiro atoms. The zero-order chi connectivity index (χ0) is 16.5. The van der Waals surface area contributed by atoms with E-state index < -0.39 is 0 Å². The third-order valence-electron chi connectivity index (χ3n) is 5.04. The van der Waals surface area contributed by atoms with Gasteiger partial charge in [0.1, 0.15) is 0 Å². The van der Waals surface area contributed by atoms with Crippen LogP contribution in [0, 0.1) is 0 Å². The van der Waals surface area contributed by atoms with Gasteiger partial charge in [0.15, 0.2) is 11.5 Å². The smallest absolute Gasteiger partial charge is 0.254 e. The number of rotatable bonds is 1. The second-order valence-corrected chi connectivity index (χ2v) is 7.00. The molecule has 0 radical (unpaired) electrons. The molecule has 0 unspecified atom stereocenters. The largest absolute Gasteiger partial charge is 0.489 e. The van der Waals surface area contributed by atoms with Crippen LogP contribution in [0.1, 0.15) is 42.5 Å². The number of hydrogen-bond donors (Lipinski definition) is 0. The number of ether oxygens (including phenoxy) is 3. The molecular weight excluding hydrogens is 330 g/mol. The third-order valence-corrected chi connectivity index (χ3v) is 5.32. The highest BCUT2D eigenvalue weighted by molar-refractivity contribution is 6.32. The Bertz CT molecular complexity index is 634. The lowest BCUT2D eigenvalue weighted by molar-refractivity contribution is -0.0752. The highest BCUT2D eigenvalue weighted by Crippen LogP contribution is 2.39. The topological polar surface area (TPSA) is 48.0 Å². The van der Waals surface area contributed by atoms with Crippen molar-refractivity contribution in [3.05, 3.63) is 22.7 Å². The number of fused-ring (bicyclic) bond motifs is 2. The first-order valence-electron chi connectivity index (χ1n) is 8.76. The Morgan fingerprint density at radius 1 is 1.08 bits per heavy atom. The molecule has 1 aromatic carbocycles. The van der Waals surface area contributed by atoms with Crippen LogP contribution in [0.25, 0.3) is 0 Å². The van der Waals surface area contributed by atoms with Crippen molar-refractivity contribution in [1.82, 2.24) is 4.90 Å². The summed E-state index contributed by atoms with van der Waals surface area (Å²) in [5.74, 6) is 1.12. The van der Waals surface area contributed by atoms with Gasteiger partial charge >= 0.3 is 0 Å². The molecule has 24 heavy (non-hydrogen) atoms. The zero-order valence-electron chi connectivity index (χ0n) is 13.6. The summed E-state index contributed by atoms with van der Waals surface area (Å²) in [6.07, 6.45) is 5.36. The van der Waals surface area contributed by atoms with E-state index in [4.69, 9.17) is 25.8 Å². The van der Waals surface area contributed by atoms with Gasteiger partial charge in [-0.15, -0.1) is 0 Å². The molecule has 2 aliphatic heterocycles. The van der Waals surface area contributed by atoms with Crippen LogP contribution in [-0.2, 0) is 4.74 Å². The van der Waals surface area contributed by atoms with Crippen LogP contribution in [0.15, 0.2) is 12.1 Å². The summed E-state index contributed by atoms with van der Waals surface area (Å²) in [5, 5.41) is 0.436. The quantitative estimate of drug-likeness (QED) is 0.779. The maximum atomic E-state index is 13.1. The van der Waals surface area contributed by atoms with Gasteiger partial charge in [-0.3, -0.25) is 4.79 Å². The molecule has 1 aromatic rings. The van der Waals surface area contributed by atoms with E-state index in [2.05, 4.69) is 0 Å². The van der Waals surface area contributed by atoms with Crippen LogP contribution in [0.3, 0.4) is 0 Å². The predicted octanol–water partition coefficient (Wildman–Crippen LogP) is 3.28. The number of carbonyl (C=O) groups is 1. The van der Waals surface area contributed by atoms with Gasteiger partial charge < -0.3 is 19.1 Å². The minimum atomic E-state index is 0.00717. The molecule has 1 amide bonds. The van der Waals surface area contributed by atoms with Crippen LogP contribution >= 0.6 is 11.6 Å². The number of nitrogens with zero attached hydrogens (tertiary/aromatic N) is 1. The first-order valence-corrected chi connectivity index (χ1v) is 9.13. The van der Waals surface area contributed by atoms with Crippen molar-refractivity contribution in [2.75, 3.05) is 26.4 Å². The Morgan fingerprint density at radius 2 is 1.92 bits per heavy atom. The maximum Gasteiger partial charge on any atom is 0.254 e. The normalized spacial score (nSPS) is 26.5. The predicted molar refractivity (Wildman–Crippen MR) is 90.1 cm³/mol. The molecule has 0 bridgehead atoms. The van der Waals surface area contributed by atoms with Crippen molar-refractivity contribution in [1.29, 1.82) is 0 Å². The minimum absolute atomic E-state index is 0.00717. The monoisotopic (exact) mass is 351 g/mol. The fraction of sp³-hybridized carbons (Fsp3) is 0.611. The summed E-state index contributed by atoms with van der Waals surface area (Å²) < 4.78 is 17.2. The lowest BCUT2D eigenvalue weighted by Crippen LogP contribution is -2.54. The van der Waals surface area contributed by atoms with Crippen LogP contribution in [0.5, 0.6) is 11.5 Å². The first kappa shape index (κ1) is 16.0. The van der Waals surface area contributed by atoms with Gasteiger partial charge in [-0.1, -0.05) is 24.4 Å². The fourth-order valence-electron chi connectivity index (χ4n) is 3.87. The van der Waals surface area contributed by atoms with Crippen molar-refractivity contribution in [3.63, 3.8) is 0 Å². The second kappa shape index (κ2) is 6.81. The molecule has 4 rings (SSSR count). The van der Waals surface area contributed by atoms with Crippen LogP contribution < -0.4 is 9.47 Å². The van der Waals surface area contributed by atoms with Crippen molar-refractivity contribution < 1.29 is 19.0 Å². The van der Waals surface area contributed by atoms with Crippen molar-refractivity contribution >= 4 is 17.5 Å². The number of amides is 1. The van der Waals surface area contributed by atoms with E-state index in [1.165, 1.54) is 6.42 Å². The zero-order valence-corrected chi connectivity index (χ0v) is 14.4. The molecule has 3 aliphatic rings. The molecule has 5 nitrogen and oxygen atoms in total. The summed E-state index contributed by atoms with van der Waals surface area (Å²) >= 11 is 6.34. The van der Waals surface area contributed by atoms with Gasteiger partial charge in [-0.2, -0.15) is 0 Å². The Morgan fingerprint density at radius 3 is 2.83 bits per heavy atom. The summed E-state index contributed by atoms with van der Waals surface area (Å²) in [5.41, 5.74) is 0.565. The van der Waals surface area contributed by atoms with Crippen LogP contribution in [0.2, 0.25) is 5.02 Å². The molecule has 0 N–H and O–H groups in total.